The first-order chi connectivity index (χ1) is 12.1. The van der Waals surface area contributed by atoms with Crippen LogP contribution < -0.4 is 5.32 Å². The van der Waals surface area contributed by atoms with Gasteiger partial charge in [0.2, 0.25) is 0 Å². The lowest BCUT2D eigenvalue weighted by molar-refractivity contribution is 0.102. The lowest BCUT2D eigenvalue weighted by atomic mass is 10.2. The highest BCUT2D eigenvalue weighted by atomic mass is 79.9. The Bertz CT molecular complexity index is 1070. The highest BCUT2D eigenvalue weighted by molar-refractivity contribution is 9.10. The lowest BCUT2D eigenvalue weighted by Crippen LogP contribution is -2.12. The van der Waals surface area contributed by atoms with E-state index < -0.39 is 0 Å². The molecule has 0 aliphatic heterocycles. The van der Waals surface area contributed by atoms with Gasteiger partial charge in [0.1, 0.15) is 11.3 Å². The first-order valence-electron chi connectivity index (χ1n) is 7.57. The Hall–Kier alpha value is -2.51. The third-order valence-electron chi connectivity index (χ3n) is 3.71. The number of carbonyl (C=O) groups excluding carboxylic acids is 1. The van der Waals surface area contributed by atoms with Gasteiger partial charge in [-0.25, -0.2) is 9.97 Å². The van der Waals surface area contributed by atoms with E-state index in [1.54, 1.807) is 6.20 Å². The van der Waals surface area contributed by atoms with Crippen molar-refractivity contribution in [1.29, 1.82) is 0 Å². The van der Waals surface area contributed by atoms with Gasteiger partial charge in [0, 0.05) is 27.8 Å². The number of anilines is 1. The number of pyridine rings is 1. The Morgan fingerprint density at radius 1 is 1.20 bits per heavy atom. The number of benzene rings is 1. The van der Waals surface area contributed by atoms with E-state index in [2.05, 4.69) is 31.2 Å². The standard InChI is InChI=1S/C18H13BrN4OS/c1-11-6-7-23-9-14(20-16(23)8-11)17(24)22-18-21-15(10-25-18)12-2-4-13(19)5-3-12/h2-10H,1H3,(H,21,22,24). The predicted molar refractivity (Wildman–Crippen MR) is 103 cm³/mol. The van der Waals surface area contributed by atoms with Gasteiger partial charge in [-0.05, 0) is 36.8 Å². The fourth-order valence-electron chi connectivity index (χ4n) is 2.44. The number of halogens is 1. The van der Waals surface area contributed by atoms with E-state index in [1.165, 1.54) is 11.3 Å². The zero-order valence-electron chi connectivity index (χ0n) is 13.2. The van der Waals surface area contributed by atoms with E-state index in [0.29, 0.717) is 10.8 Å². The highest BCUT2D eigenvalue weighted by Gasteiger charge is 2.13. The molecule has 0 fully saturated rings. The third kappa shape index (κ3) is 3.33. The number of thiazole rings is 1. The molecule has 5 nitrogen and oxygen atoms in total. The van der Waals surface area contributed by atoms with E-state index in [0.717, 1.165) is 26.9 Å². The number of aromatic nitrogens is 3. The molecule has 4 rings (SSSR count). The first-order valence-corrected chi connectivity index (χ1v) is 9.24. The largest absolute Gasteiger partial charge is 0.306 e. The Balaban J connectivity index is 1.55. The second-order valence-corrected chi connectivity index (χ2v) is 7.37. The summed E-state index contributed by atoms with van der Waals surface area (Å²) in [6, 6.07) is 11.8. The third-order valence-corrected chi connectivity index (χ3v) is 5.00. The van der Waals surface area contributed by atoms with Gasteiger partial charge in [-0.2, -0.15) is 0 Å². The molecule has 0 aliphatic carbocycles. The van der Waals surface area contributed by atoms with Gasteiger partial charge in [-0.3, -0.25) is 10.1 Å². The van der Waals surface area contributed by atoms with Crippen molar-refractivity contribution in [3.63, 3.8) is 0 Å². The molecule has 0 atom stereocenters. The van der Waals surface area contributed by atoms with Crippen molar-refractivity contribution in [1.82, 2.24) is 14.4 Å². The number of nitrogens with one attached hydrogen (secondary N) is 1. The van der Waals surface area contributed by atoms with Crippen molar-refractivity contribution in [2.24, 2.45) is 0 Å². The molecule has 0 saturated carbocycles. The fourth-order valence-corrected chi connectivity index (χ4v) is 3.42. The van der Waals surface area contributed by atoms with Crippen LogP contribution in [0.5, 0.6) is 0 Å². The maximum absolute atomic E-state index is 12.4. The summed E-state index contributed by atoms with van der Waals surface area (Å²) in [4.78, 5) is 21.3. The minimum absolute atomic E-state index is 0.266. The normalized spacial score (nSPS) is 11.0. The first kappa shape index (κ1) is 16.0. The zero-order valence-corrected chi connectivity index (χ0v) is 15.6. The van der Waals surface area contributed by atoms with Gasteiger partial charge in [0.05, 0.1) is 5.69 Å². The molecule has 0 bridgehead atoms. The number of aryl methyl sites for hydroxylation is 1. The van der Waals surface area contributed by atoms with E-state index in [9.17, 15) is 4.79 Å². The summed E-state index contributed by atoms with van der Waals surface area (Å²) in [5, 5.41) is 5.29. The molecular formula is C18H13BrN4OS. The van der Waals surface area contributed by atoms with Crippen LogP contribution >= 0.6 is 27.3 Å². The topological polar surface area (TPSA) is 59.3 Å². The molecule has 3 aromatic heterocycles. The number of rotatable bonds is 3. The molecule has 1 N–H and O–H groups in total. The SMILES string of the molecule is Cc1ccn2cc(C(=O)Nc3nc(-c4ccc(Br)cc4)cs3)nc2c1. The average Bonchev–Trinajstić information content (AvgIpc) is 3.22. The average molecular weight is 413 g/mol. The lowest BCUT2D eigenvalue weighted by Gasteiger charge is -1.98. The summed E-state index contributed by atoms with van der Waals surface area (Å²) in [5.74, 6) is -0.266. The van der Waals surface area contributed by atoms with Gasteiger partial charge in [-0.15, -0.1) is 11.3 Å². The quantitative estimate of drug-likeness (QED) is 0.526. The van der Waals surface area contributed by atoms with Crippen LogP contribution in [-0.2, 0) is 0 Å². The van der Waals surface area contributed by atoms with Crippen LogP contribution in [0.25, 0.3) is 16.9 Å². The Morgan fingerprint density at radius 2 is 2.00 bits per heavy atom. The van der Waals surface area contributed by atoms with Crippen molar-refractivity contribution in [3.05, 3.63) is 69.9 Å². The maximum Gasteiger partial charge on any atom is 0.277 e. The van der Waals surface area contributed by atoms with Crippen molar-refractivity contribution >= 4 is 44.0 Å². The van der Waals surface area contributed by atoms with E-state index in [1.807, 2.05) is 59.3 Å². The molecule has 0 unspecified atom stereocenters. The van der Waals surface area contributed by atoms with Gasteiger partial charge in [-0.1, -0.05) is 28.1 Å². The van der Waals surface area contributed by atoms with Crippen molar-refractivity contribution in [2.75, 3.05) is 5.32 Å². The number of imidazole rings is 1. The van der Waals surface area contributed by atoms with Crippen molar-refractivity contribution in [3.8, 4) is 11.3 Å². The number of hydrogen-bond donors (Lipinski definition) is 1. The van der Waals surface area contributed by atoms with Gasteiger partial charge in [0.15, 0.2) is 5.13 Å². The maximum atomic E-state index is 12.4. The van der Waals surface area contributed by atoms with Gasteiger partial charge < -0.3 is 4.40 Å². The molecule has 124 valence electrons. The van der Waals surface area contributed by atoms with Crippen LogP contribution in [0, 0.1) is 6.92 Å². The molecule has 1 amide bonds. The monoisotopic (exact) mass is 412 g/mol. The smallest absolute Gasteiger partial charge is 0.277 e. The summed E-state index contributed by atoms with van der Waals surface area (Å²) in [6.07, 6.45) is 3.61. The van der Waals surface area contributed by atoms with Crippen LogP contribution in [0.4, 0.5) is 5.13 Å². The Morgan fingerprint density at radius 3 is 2.80 bits per heavy atom. The number of hydrogen-bond acceptors (Lipinski definition) is 4. The minimum Gasteiger partial charge on any atom is -0.306 e. The summed E-state index contributed by atoms with van der Waals surface area (Å²) < 4.78 is 2.85. The van der Waals surface area contributed by atoms with Crippen LogP contribution in [0.2, 0.25) is 0 Å². The fraction of sp³-hybridized carbons (Fsp3) is 0.0556. The van der Waals surface area contributed by atoms with Crippen LogP contribution in [0.3, 0.4) is 0 Å². The minimum atomic E-state index is -0.266. The van der Waals surface area contributed by atoms with Gasteiger partial charge in [0.25, 0.3) is 5.91 Å². The number of nitrogens with zero attached hydrogens (tertiary/aromatic N) is 3. The van der Waals surface area contributed by atoms with E-state index in [-0.39, 0.29) is 5.91 Å². The van der Waals surface area contributed by atoms with E-state index >= 15 is 0 Å². The summed E-state index contributed by atoms with van der Waals surface area (Å²) in [6.45, 7) is 1.99. The molecule has 0 spiro atoms. The predicted octanol–water partition coefficient (Wildman–Crippen LogP) is 4.78. The van der Waals surface area contributed by atoms with Crippen LogP contribution in [-0.4, -0.2) is 20.3 Å². The summed E-state index contributed by atoms with van der Waals surface area (Å²) >= 11 is 4.81. The molecule has 25 heavy (non-hydrogen) atoms. The number of carbonyl (C=O) groups is 1. The number of amides is 1. The van der Waals surface area contributed by atoms with Crippen molar-refractivity contribution < 1.29 is 4.79 Å². The second kappa shape index (κ2) is 6.42. The summed E-state index contributed by atoms with van der Waals surface area (Å²) in [7, 11) is 0. The Labute approximate surface area is 156 Å². The second-order valence-electron chi connectivity index (χ2n) is 5.59. The molecule has 0 radical (unpaired) electrons. The molecule has 7 heteroatoms. The zero-order chi connectivity index (χ0) is 17.4. The molecule has 1 aromatic carbocycles. The molecule has 4 aromatic rings. The van der Waals surface area contributed by atoms with Gasteiger partial charge >= 0.3 is 0 Å². The number of fused-ring (bicyclic) bond motifs is 1. The Kier molecular flexibility index (Phi) is 4.10. The highest BCUT2D eigenvalue weighted by Crippen LogP contribution is 2.26. The molecular weight excluding hydrogens is 400 g/mol. The van der Waals surface area contributed by atoms with Crippen LogP contribution in [0.15, 0.2) is 58.6 Å². The van der Waals surface area contributed by atoms with E-state index in [4.69, 9.17) is 0 Å². The molecule has 3 heterocycles. The summed E-state index contributed by atoms with van der Waals surface area (Å²) in [5.41, 5.74) is 4.05. The molecule has 0 saturated heterocycles. The molecule has 0 aliphatic rings. The van der Waals surface area contributed by atoms with Crippen molar-refractivity contribution in [2.45, 2.75) is 6.92 Å². The van der Waals surface area contributed by atoms with Crippen LogP contribution in [0.1, 0.15) is 16.1 Å².